The maximum atomic E-state index is 15.6. The third kappa shape index (κ3) is 26.6. The summed E-state index contributed by atoms with van der Waals surface area (Å²) in [4.78, 5) is 191. The molecule has 28 nitrogen and oxygen atoms in total. The van der Waals surface area contributed by atoms with Gasteiger partial charge in [-0.25, -0.2) is 0 Å². The van der Waals surface area contributed by atoms with Gasteiger partial charge < -0.3 is 80.4 Å². The number of rotatable bonds is 21. The van der Waals surface area contributed by atoms with Crippen molar-refractivity contribution in [1.82, 2.24) is 65.8 Å². The zero-order valence-electron chi connectivity index (χ0n) is 65.1. The first-order valence-electron chi connectivity index (χ1n) is 38.0. The molecule has 12 atom stereocenters. The van der Waals surface area contributed by atoms with Gasteiger partial charge in [-0.1, -0.05) is 121 Å². The Bertz CT molecular complexity index is 2750. The molecule has 3 aliphatic heterocycles. The second-order valence-electron chi connectivity index (χ2n) is 31.1. The highest BCUT2D eigenvalue weighted by Gasteiger charge is 2.44. The molecule has 4 aliphatic rings. The number of hydrogen-bond donors (Lipinski definition) is 6. The van der Waals surface area contributed by atoms with Crippen molar-refractivity contribution in [3.63, 3.8) is 0 Å². The number of amides is 12. The van der Waals surface area contributed by atoms with Crippen LogP contribution in [-0.2, 0) is 67.0 Å². The third-order valence-corrected chi connectivity index (χ3v) is 20.6. The number of ether oxygens (including phenoxy) is 2. The predicted molar refractivity (Wildman–Crippen MR) is 388 cm³/mol. The fraction of sp³-hybridized carbons (Fsp3) is 0.838. The van der Waals surface area contributed by atoms with Crippen LogP contribution in [0.1, 0.15) is 192 Å². The smallest absolute Gasteiger partial charge is 0.248 e. The SMILES string of the molecule is CCCCN1CC(=O)N(C)[C@@H](CC2CCCCC2)C(=O)N(C)[C@@H](CC(C)C)C(=O)N[C@@H](COC[C@@H]2COCCN2)C(=O)N(C)[C@@H](CC(C)C)C(=O)N[C@H](C(=O)N2CCCCC2)CC(=O)N(C)CC(=O)N(C)[C@@H](CC(C)C)C(=O)NC([C@@H](C)CC)C(=O)N(C)[C@@H](CC(C)C)C(=O)N[C@@H]([C@@H](C)O)C1=O. The molecule has 1 aliphatic carbocycles. The first-order valence-corrected chi connectivity index (χ1v) is 38.0. The average molecular weight is 1440 g/mol. The molecule has 1 saturated carbocycles. The standard InChI is InChI=1S/C74H131N13O15/c1-19-21-31-87-42-63(91)82(15)60(39-52-28-24-22-25-29-52)72(98)84(17)58(37-48(7)8)67(93)77-55(45-102-44-53-43-101-34-30-75-53)70(96)83(16)57(36-47(5)6)66(92)76-54(71(97)86-32-26-23-27-33-86)40-61(89)80(13)41-62(90)81(14)56(35-46(3)4)68(94)78-64(50(11)20-2)73(99)85(18)59(38-49(9)10)69(95)79-65(51(12)88)74(87)100/h46-60,64-65,75,88H,19-45H2,1-18H3,(H,76,92)(H,77,93)(H,78,94)(H,79,95)/t50-,51+,53-,54-,55-,56-,57-,58-,59-,60-,64?,65-/m0/s1. The number of likely N-dealkylation sites (N-methyl/N-ethyl adjacent to an activating group) is 6. The van der Waals surface area contributed by atoms with Crippen molar-refractivity contribution in [3.05, 3.63) is 0 Å². The van der Waals surface area contributed by atoms with E-state index in [0.29, 0.717) is 65.0 Å². The zero-order chi connectivity index (χ0) is 76.4. The molecule has 4 fully saturated rings. The number of nitrogens with zero attached hydrogens (tertiary/aromatic N) is 8. The van der Waals surface area contributed by atoms with Crippen LogP contribution in [0, 0.1) is 35.5 Å². The molecule has 0 bridgehead atoms. The molecule has 582 valence electrons. The van der Waals surface area contributed by atoms with E-state index in [1.165, 1.54) is 78.6 Å². The molecule has 1 unspecified atom stereocenters. The minimum atomic E-state index is -1.63. The van der Waals surface area contributed by atoms with Gasteiger partial charge in [0.2, 0.25) is 70.9 Å². The van der Waals surface area contributed by atoms with E-state index < -0.39 is 157 Å². The van der Waals surface area contributed by atoms with Crippen molar-refractivity contribution < 1.29 is 72.1 Å². The van der Waals surface area contributed by atoms with E-state index in [9.17, 15) is 29.1 Å². The number of aliphatic hydroxyl groups is 1. The molecule has 102 heavy (non-hydrogen) atoms. The largest absolute Gasteiger partial charge is 0.391 e. The number of unbranched alkanes of at least 4 members (excludes halogenated alkanes) is 1. The van der Waals surface area contributed by atoms with Gasteiger partial charge in [0.15, 0.2) is 0 Å². The summed E-state index contributed by atoms with van der Waals surface area (Å²) in [7, 11) is 8.63. The topological polar surface area (TPSA) is 330 Å². The monoisotopic (exact) mass is 1440 g/mol. The van der Waals surface area contributed by atoms with Gasteiger partial charge in [-0.05, 0) is 100 Å². The Morgan fingerprint density at radius 1 is 0.539 bits per heavy atom. The summed E-state index contributed by atoms with van der Waals surface area (Å²) < 4.78 is 11.9. The quantitative estimate of drug-likeness (QED) is 0.0961. The predicted octanol–water partition coefficient (Wildman–Crippen LogP) is 3.15. The summed E-state index contributed by atoms with van der Waals surface area (Å²) in [5.41, 5.74) is 0. The van der Waals surface area contributed by atoms with Gasteiger partial charge in [-0.15, -0.1) is 0 Å². The Morgan fingerprint density at radius 2 is 1.02 bits per heavy atom. The molecule has 0 aromatic rings. The Kier molecular flexibility index (Phi) is 37.1. The lowest BCUT2D eigenvalue weighted by Gasteiger charge is -2.38. The molecule has 6 N–H and O–H groups in total. The van der Waals surface area contributed by atoms with E-state index in [4.69, 9.17) is 9.47 Å². The highest BCUT2D eigenvalue weighted by Crippen LogP contribution is 2.30. The number of morpholine rings is 1. The first kappa shape index (κ1) is 87.9. The lowest BCUT2D eigenvalue weighted by molar-refractivity contribution is -0.152. The van der Waals surface area contributed by atoms with E-state index in [-0.39, 0.29) is 87.5 Å². The minimum absolute atomic E-state index is 0.0108. The fourth-order valence-corrected chi connectivity index (χ4v) is 13.9. The molecule has 3 heterocycles. The van der Waals surface area contributed by atoms with Crippen LogP contribution < -0.4 is 26.6 Å². The Balaban J connectivity index is 1.97. The number of piperidine rings is 1. The molecule has 28 heteroatoms. The molecular formula is C74H131N13O15. The number of nitrogens with one attached hydrogen (secondary N) is 5. The maximum Gasteiger partial charge on any atom is 0.248 e. The Hall–Kier alpha value is -6.52. The number of aliphatic hydroxyl groups excluding tert-OH is 1. The number of hydrogen-bond acceptors (Lipinski definition) is 16. The summed E-state index contributed by atoms with van der Waals surface area (Å²) >= 11 is 0. The number of carbonyl (C=O) groups is 12. The summed E-state index contributed by atoms with van der Waals surface area (Å²) in [6, 6.07) is -12.2. The van der Waals surface area contributed by atoms with E-state index in [1.807, 2.05) is 69.2 Å². The van der Waals surface area contributed by atoms with E-state index in [0.717, 1.165) is 43.4 Å². The zero-order valence-corrected chi connectivity index (χ0v) is 65.1. The van der Waals surface area contributed by atoms with Gasteiger partial charge >= 0.3 is 0 Å². The third-order valence-electron chi connectivity index (χ3n) is 20.6. The molecule has 0 aromatic carbocycles. The Labute approximate surface area is 608 Å². The lowest BCUT2D eigenvalue weighted by atomic mass is 9.84. The van der Waals surface area contributed by atoms with E-state index in [1.54, 1.807) is 11.8 Å². The normalized spacial score (nSPS) is 27.2. The molecule has 4 rings (SSSR count). The molecular weight excluding hydrogens is 1310 g/mol. The van der Waals surface area contributed by atoms with Crippen LogP contribution in [0.15, 0.2) is 0 Å². The molecule has 0 aromatic heterocycles. The summed E-state index contributed by atoms with van der Waals surface area (Å²) in [5.74, 6) is -9.52. The van der Waals surface area contributed by atoms with Crippen LogP contribution in [0.2, 0.25) is 0 Å². The van der Waals surface area contributed by atoms with Crippen molar-refractivity contribution in [2.24, 2.45) is 35.5 Å². The van der Waals surface area contributed by atoms with Crippen LogP contribution >= 0.6 is 0 Å². The Morgan fingerprint density at radius 3 is 1.53 bits per heavy atom. The van der Waals surface area contributed by atoms with Gasteiger partial charge in [-0.2, -0.15) is 0 Å². The summed E-state index contributed by atoms with van der Waals surface area (Å²) in [5, 5.41) is 26.3. The van der Waals surface area contributed by atoms with Crippen LogP contribution in [0.3, 0.4) is 0 Å². The molecule has 12 amide bonds. The second kappa shape index (κ2) is 43.1. The highest BCUT2D eigenvalue weighted by atomic mass is 16.5. The minimum Gasteiger partial charge on any atom is -0.391 e. The average Bonchev–Trinajstić information content (AvgIpc) is 0.826. The molecule has 3 saturated heterocycles. The first-order chi connectivity index (χ1) is 48.0. The maximum absolute atomic E-state index is 15.6. The van der Waals surface area contributed by atoms with Gasteiger partial charge in [-0.3, -0.25) is 57.5 Å². The fourth-order valence-electron chi connectivity index (χ4n) is 13.9. The van der Waals surface area contributed by atoms with Crippen molar-refractivity contribution in [2.75, 3.05) is 108 Å². The van der Waals surface area contributed by atoms with Gasteiger partial charge in [0.05, 0.1) is 58.1 Å². The van der Waals surface area contributed by atoms with Crippen LogP contribution in [0.25, 0.3) is 0 Å². The van der Waals surface area contributed by atoms with Crippen LogP contribution in [0.4, 0.5) is 0 Å². The molecule has 0 spiro atoms. The van der Waals surface area contributed by atoms with Crippen molar-refractivity contribution in [1.29, 1.82) is 0 Å². The summed E-state index contributed by atoms with van der Waals surface area (Å²) in [6.45, 7) is 22.4. The highest BCUT2D eigenvalue weighted by molar-refractivity contribution is 6.00. The van der Waals surface area contributed by atoms with Gasteiger partial charge in [0.25, 0.3) is 0 Å². The van der Waals surface area contributed by atoms with Crippen molar-refractivity contribution in [3.8, 4) is 0 Å². The second-order valence-corrected chi connectivity index (χ2v) is 31.1. The number of likely N-dealkylation sites (tertiary alicyclic amines) is 1. The molecule has 0 radical (unpaired) electrons. The van der Waals surface area contributed by atoms with E-state index >= 15 is 33.6 Å². The number of carbonyl (C=O) groups excluding carboxylic acids is 12. The summed E-state index contributed by atoms with van der Waals surface area (Å²) in [6.07, 6.45) is 6.51. The van der Waals surface area contributed by atoms with E-state index in [2.05, 4.69) is 26.6 Å². The van der Waals surface area contributed by atoms with Gasteiger partial charge in [0.1, 0.15) is 54.4 Å². The van der Waals surface area contributed by atoms with Crippen LogP contribution in [0.5, 0.6) is 0 Å². The van der Waals surface area contributed by atoms with Crippen molar-refractivity contribution in [2.45, 2.75) is 259 Å². The van der Waals surface area contributed by atoms with Crippen LogP contribution in [-0.4, -0.2) is 290 Å². The van der Waals surface area contributed by atoms with Gasteiger partial charge in [0, 0.05) is 68.5 Å². The van der Waals surface area contributed by atoms with Crippen molar-refractivity contribution >= 4 is 70.9 Å². The lowest BCUT2D eigenvalue weighted by Crippen LogP contribution is -2.62.